The highest BCUT2D eigenvalue weighted by Gasteiger charge is 2.37. The molecule has 3 aliphatic heterocycles. The second kappa shape index (κ2) is 9.02. The van der Waals surface area contributed by atoms with Crippen molar-refractivity contribution in [3.63, 3.8) is 0 Å². The Morgan fingerprint density at radius 2 is 1.59 bits per heavy atom. The molecular formula is C22H38BNO3. The van der Waals surface area contributed by atoms with Gasteiger partial charge in [-0.1, -0.05) is 56.2 Å². The Balaban J connectivity index is 1.42. The van der Waals surface area contributed by atoms with E-state index in [9.17, 15) is 4.79 Å². The van der Waals surface area contributed by atoms with Crippen molar-refractivity contribution in [1.82, 2.24) is 4.90 Å². The molecule has 0 aliphatic carbocycles. The molecule has 5 heteroatoms. The summed E-state index contributed by atoms with van der Waals surface area (Å²) >= 11 is 0. The summed E-state index contributed by atoms with van der Waals surface area (Å²) in [6.45, 7) is 10.1. The van der Waals surface area contributed by atoms with Gasteiger partial charge < -0.3 is 14.4 Å². The number of carbonyl (C=O) groups is 1. The molecular weight excluding hydrogens is 337 g/mol. The molecule has 0 unspecified atom stereocenters. The van der Waals surface area contributed by atoms with Gasteiger partial charge in [0.15, 0.2) is 6.71 Å². The average molecular weight is 375 g/mol. The summed E-state index contributed by atoms with van der Waals surface area (Å²) in [4.78, 5) is 14.0. The summed E-state index contributed by atoms with van der Waals surface area (Å²) in [5, 5.41) is 0. The number of carbonyl (C=O) groups excluding carboxylic acids is 1. The first-order chi connectivity index (χ1) is 12.8. The van der Waals surface area contributed by atoms with Gasteiger partial charge in [-0.15, -0.1) is 5.98 Å². The summed E-state index contributed by atoms with van der Waals surface area (Å²) in [6.07, 6.45) is 12.9. The summed E-state index contributed by atoms with van der Waals surface area (Å²) in [6, 6.07) is 0. The third-order valence-electron chi connectivity index (χ3n) is 6.49. The van der Waals surface area contributed by atoms with Gasteiger partial charge in [0.05, 0.1) is 12.2 Å². The van der Waals surface area contributed by atoms with E-state index in [2.05, 4.69) is 19.0 Å². The third-order valence-corrected chi connectivity index (χ3v) is 6.49. The number of rotatable bonds is 4. The van der Waals surface area contributed by atoms with E-state index in [-0.39, 0.29) is 18.3 Å². The number of amides is 1. The van der Waals surface area contributed by atoms with Gasteiger partial charge in [0, 0.05) is 13.1 Å². The zero-order valence-electron chi connectivity index (χ0n) is 17.8. The van der Waals surface area contributed by atoms with Crippen molar-refractivity contribution < 1.29 is 14.3 Å². The molecule has 0 spiro atoms. The molecule has 4 nitrogen and oxygen atoms in total. The number of likely N-dealkylation sites (tertiary alicyclic amines) is 1. The Labute approximate surface area is 166 Å². The fourth-order valence-corrected chi connectivity index (χ4v) is 5.18. The monoisotopic (exact) mass is 375 g/mol. The minimum absolute atomic E-state index is 0.158. The predicted molar refractivity (Wildman–Crippen MR) is 111 cm³/mol. The Bertz CT molecular complexity index is 500. The average Bonchev–Trinajstić information content (AvgIpc) is 2.58. The van der Waals surface area contributed by atoms with Gasteiger partial charge in [-0.3, -0.25) is 0 Å². The van der Waals surface area contributed by atoms with Crippen molar-refractivity contribution in [3.05, 3.63) is 12.1 Å². The molecule has 0 saturated carbocycles. The van der Waals surface area contributed by atoms with Crippen LogP contribution >= 0.6 is 0 Å². The molecule has 0 radical (unpaired) electrons. The van der Waals surface area contributed by atoms with Crippen LogP contribution in [0.4, 0.5) is 4.79 Å². The second-order valence-corrected chi connectivity index (χ2v) is 9.85. The first-order valence-corrected chi connectivity index (χ1v) is 11.1. The molecule has 3 fully saturated rings. The molecule has 0 aromatic heterocycles. The van der Waals surface area contributed by atoms with Crippen LogP contribution in [0.15, 0.2) is 12.1 Å². The fraction of sp³-hybridized carbons (Fsp3) is 0.864. The lowest BCUT2D eigenvalue weighted by Gasteiger charge is -2.39. The summed E-state index contributed by atoms with van der Waals surface area (Å²) in [7, 11) is 0. The number of fused-ring (bicyclic) bond motifs is 2. The molecule has 0 aromatic carbocycles. The highest BCUT2D eigenvalue weighted by atomic mass is 16.6. The molecule has 2 bridgehead atoms. The van der Waals surface area contributed by atoms with Gasteiger partial charge in [-0.2, -0.15) is 0 Å². The van der Waals surface area contributed by atoms with E-state index in [0.717, 1.165) is 44.3 Å². The van der Waals surface area contributed by atoms with Gasteiger partial charge in [0.25, 0.3) is 0 Å². The van der Waals surface area contributed by atoms with E-state index in [1.165, 1.54) is 38.5 Å². The number of hydrogen-bond donors (Lipinski definition) is 0. The van der Waals surface area contributed by atoms with Crippen LogP contribution in [0, 0.1) is 0 Å². The van der Waals surface area contributed by atoms with E-state index < -0.39 is 5.60 Å². The van der Waals surface area contributed by atoms with Crippen molar-refractivity contribution in [2.75, 3.05) is 13.1 Å². The van der Waals surface area contributed by atoms with Gasteiger partial charge in [0.2, 0.25) is 0 Å². The lowest BCUT2D eigenvalue weighted by Crippen LogP contribution is -2.43. The largest absolute Gasteiger partial charge is 0.444 e. The van der Waals surface area contributed by atoms with E-state index in [1.54, 1.807) is 0 Å². The first kappa shape index (κ1) is 20.8. The van der Waals surface area contributed by atoms with E-state index in [4.69, 9.17) is 9.47 Å². The number of piperidine rings is 1. The molecule has 0 N–H and O–H groups in total. The van der Waals surface area contributed by atoms with Gasteiger partial charge in [-0.25, -0.2) is 4.79 Å². The molecule has 3 heterocycles. The van der Waals surface area contributed by atoms with Gasteiger partial charge >= 0.3 is 6.09 Å². The molecule has 3 aliphatic rings. The van der Waals surface area contributed by atoms with Crippen molar-refractivity contribution in [3.8, 4) is 0 Å². The highest BCUT2D eigenvalue weighted by Crippen LogP contribution is 2.46. The number of hydrogen-bond acceptors (Lipinski definition) is 3. The van der Waals surface area contributed by atoms with Crippen LogP contribution in [0.25, 0.3) is 0 Å². The lowest BCUT2D eigenvalue weighted by atomic mass is 9.27. The van der Waals surface area contributed by atoms with E-state index in [1.807, 2.05) is 25.7 Å². The van der Waals surface area contributed by atoms with E-state index in [0.29, 0.717) is 0 Å². The van der Waals surface area contributed by atoms with Crippen LogP contribution in [0.3, 0.4) is 0 Å². The zero-order valence-corrected chi connectivity index (χ0v) is 17.8. The van der Waals surface area contributed by atoms with Crippen molar-refractivity contribution in [2.24, 2.45) is 0 Å². The molecule has 3 saturated heterocycles. The summed E-state index contributed by atoms with van der Waals surface area (Å²) < 4.78 is 11.7. The Hall–Kier alpha value is -0.965. The highest BCUT2D eigenvalue weighted by molar-refractivity contribution is 6.67. The number of ether oxygens (including phenoxy) is 2. The van der Waals surface area contributed by atoms with Crippen LogP contribution in [0.2, 0.25) is 11.6 Å². The second-order valence-electron chi connectivity index (χ2n) is 9.85. The SMILES string of the molecule is C[C@H](/C=C/B1C2CCCC1CCC2)OC1CCN(C(=O)OC(C)(C)C)CC1. The molecule has 152 valence electrons. The zero-order chi connectivity index (χ0) is 19.4. The van der Waals surface area contributed by atoms with Crippen molar-refractivity contribution in [2.45, 2.75) is 109 Å². The van der Waals surface area contributed by atoms with Gasteiger partial charge in [-0.05, 0) is 40.5 Å². The Kier molecular flexibility index (Phi) is 6.94. The summed E-state index contributed by atoms with van der Waals surface area (Å²) in [5.41, 5.74) is -0.429. The smallest absolute Gasteiger partial charge is 0.410 e. The van der Waals surface area contributed by atoms with Gasteiger partial charge in [0.1, 0.15) is 5.60 Å². The molecule has 1 amide bonds. The molecule has 3 rings (SSSR count). The number of nitrogens with zero attached hydrogens (tertiary/aromatic N) is 1. The van der Waals surface area contributed by atoms with Crippen LogP contribution < -0.4 is 0 Å². The normalized spacial score (nSPS) is 28.4. The molecule has 27 heavy (non-hydrogen) atoms. The van der Waals surface area contributed by atoms with Crippen molar-refractivity contribution in [1.29, 1.82) is 0 Å². The maximum Gasteiger partial charge on any atom is 0.410 e. The van der Waals surface area contributed by atoms with Crippen LogP contribution in [-0.4, -0.2) is 48.6 Å². The van der Waals surface area contributed by atoms with E-state index >= 15 is 0 Å². The predicted octanol–water partition coefficient (Wildman–Crippen LogP) is 5.49. The lowest BCUT2D eigenvalue weighted by molar-refractivity contribution is -0.0252. The molecule has 0 aromatic rings. The van der Waals surface area contributed by atoms with Crippen LogP contribution in [0.5, 0.6) is 0 Å². The topological polar surface area (TPSA) is 38.8 Å². The van der Waals surface area contributed by atoms with Crippen molar-refractivity contribution >= 4 is 12.8 Å². The minimum Gasteiger partial charge on any atom is -0.444 e. The quantitative estimate of drug-likeness (QED) is 0.610. The van der Waals surface area contributed by atoms with Crippen LogP contribution in [0.1, 0.15) is 79.1 Å². The maximum atomic E-state index is 12.2. The Morgan fingerprint density at radius 3 is 2.11 bits per heavy atom. The third kappa shape index (κ3) is 6.00. The Morgan fingerprint density at radius 1 is 1.04 bits per heavy atom. The van der Waals surface area contributed by atoms with Crippen LogP contribution in [-0.2, 0) is 9.47 Å². The standard InChI is InChI=1S/C22H38BNO3/c1-17(11-14-23-18-7-5-8-19(23)10-6-9-18)26-20-12-15-24(16-13-20)21(25)27-22(2,3)4/h11,14,17-20H,5-10,12-13,15-16H2,1-4H3/b14-11+/t17-,18?,19?/m1/s1. The molecule has 1 atom stereocenters. The summed E-state index contributed by atoms with van der Waals surface area (Å²) in [5.74, 6) is 4.31. The minimum atomic E-state index is -0.429. The maximum absolute atomic E-state index is 12.2. The first-order valence-electron chi connectivity index (χ1n) is 11.1. The fourth-order valence-electron chi connectivity index (χ4n) is 5.18.